The molecule has 0 amide bonds. The van der Waals surface area contributed by atoms with Gasteiger partial charge >= 0.3 is 0 Å². The molecular weight excluding hydrogens is 470 g/mol. The highest BCUT2D eigenvalue weighted by atomic mass is 35.5. The molecule has 0 saturated carbocycles. The van der Waals surface area contributed by atoms with Crippen LogP contribution in [0.5, 0.6) is 11.5 Å². The van der Waals surface area contributed by atoms with Crippen LogP contribution in [0.25, 0.3) is 16.9 Å². The first-order valence-corrected chi connectivity index (χ1v) is 13.0. The van der Waals surface area contributed by atoms with Gasteiger partial charge in [-0.05, 0) is 73.6 Å². The monoisotopic (exact) mass is 503 g/mol. The molecule has 5 nitrogen and oxygen atoms in total. The van der Waals surface area contributed by atoms with Crippen molar-refractivity contribution in [1.82, 2.24) is 14.5 Å². The Balaban J connectivity index is 1.31. The molecule has 3 aromatic carbocycles. The number of rotatable bonds is 13. The summed E-state index contributed by atoms with van der Waals surface area (Å²) in [7, 11) is 0. The van der Waals surface area contributed by atoms with Crippen LogP contribution in [0.1, 0.15) is 25.8 Å². The number of ether oxygens (including phenoxy) is 2. The van der Waals surface area contributed by atoms with E-state index < -0.39 is 0 Å². The van der Waals surface area contributed by atoms with E-state index in [0.717, 1.165) is 65.9 Å². The quantitative estimate of drug-likeness (QED) is 0.185. The summed E-state index contributed by atoms with van der Waals surface area (Å²) in [5.74, 6) is 1.72. The molecule has 4 aromatic rings. The lowest BCUT2D eigenvalue weighted by atomic mass is 10.1. The third-order valence-electron chi connectivity index (χ3n) is 6.18. The average Bonchev–Trinajstić information content (AvgIpc) is 3.40. The van der Waals surface area contributed by atoms with Crippen molar-refractivity contribution in [1.29, 1.82) is 0 Å². The molecule has 0 radical (unpaired) electrons. The Hall–Kier alpha value is -3.28. The van der Waals surface area contributed by atoms with E-state index in [1.54, 1.807) is 0 Å². The molecule has 0 aliphatic heterocycles. The van der Waals surface area contributed by atoms with Gasteiger partial charge < -0.3 is 18.9 Å². The molecule has 6 heteroatoms. The second-order valence-corrected chi connectivity index (χ2v) is 9.08. The van der Waals surface area contributed by atoms with E-state index >= 15 is 0 Å². The van der Waals surface area contributed by atoms with E-state index in [1.807, 2.05) is 71.7 Å². The number of nitrogens with zero attached hydrogens (tertiary/aromatic N) is 3. The number of aromatic nitrogens is 2. The zero-order valence-corrected chi connectivity index (χ0v) is 21.8. The lowest BCUT2D eigenvalue weighted by Gasteiger charge is -2.17. The van der Waals surface area contributed by atoms with E-state index in [4.69, 9.17) is 21.1 Å². The minimum absolute atomic E-state index is 0.599. The van der Waals surface area contributed by atoms with Gasteiger partial charge in [0.2, 0.25) is 0 Å². The normalized spacial score (nSPS) is 11.1. The minimum Gasteiger partial charge on any atom is -0.493 e. The van der Waals surface area contributed by atoms with Gasteiger partial charge in [-0.3, -0.25) is 0 Å². The Labute approximate surface area is 219 Å². The van der Waals surface area contributed by atoms with E-state index in [1.165, 1.54) is 5.56 Å². The van der Waals surface area contributed by atoms with Crippen LogP contribution in [0.15, 0.2) is 85.3 Å². The lowest BCUT2D eigenvalue weighted by molar-refractivity contribution is 0.249. The predicted octanol–water partition coefficient (Wildman–Crippen LogP) is 6.92. The third-order valence-corrected chi connectivity index (χ3v) is 6.41. The summed E-state index contributed by atoms with van der Waals surface area (Å²) in [6.45, 7) is 8.91. The summed E-state index contributed by atoms with van der Waals surface area (Å²) in [6, 6.07) is 24.1. The fourth-order valence-electron chi connectivity index (χ4n) is 4.07. The van der Waals surface area contributed by atoms with Gasteiger partial charge in [0.15, 0.2) is 0 Å². The molecule has 0 atom stereocenters. The van der Waals surface area contributed by atoms with Crippen molar-refractivity contribution < 1.29 is 9.47 Å². The van der Waals surface area contributed by atoms with Crippen LogP contribution in [0, 0.1) is 0 Å². The highest BCUT2D eigenvalue weighted by Crippen LogP contribution is 2.24. The van der Waals surface area contributed by atoms with Gasteiger partial charge in [-0.1, -0.05) is 43.6 Å². The summed E-state index contributed by atoms with van der Waals surface area (Å²) in [5.41, 5.74) is 4.14. The fourth-order valence-corrected chi connectivity index (χ4v) is 4.28. The largest absolute Gasteiger partial charge is 0.493 e. The highest BCUT2D eigenvalue weighted by Gasteiger charge is 2.06. The highest BCUT2D eigenvalue weighted by molar-refractivity contribution is 6.30. The molecular formula is C30H34ClN3O2. The summed E-state index contributed by atoms with van der Waals surface area (Å²) < 4.78 is 13.9. The first-order valence-electron chi connectivity index (χ1n) is 12.6. The second-order valence-electron chi connectivity index (χ2n) is 8.65. The Bertz CT molecular complexity index is 1220. The van der Waals surface area contributed by atoms with Crippen molar-refractivity contribution in [2.75, 3.05) is 32.8 Å². The summed E-state index contributed by atoms with van der Waals surface area (Å²) in [4.78, 5) is 7.02. The molecule has 1 heterocycles. The average molecular weight is 504 g/mol. The molecule has 0 N–H and O–H groups in total. The van der Waals surface area contributed by atoms with Gasteiger partial charge in [0, 0.05) is 35.8 Å². The van der Waals surface area contributed by atoms with Crippen molar-refractivity contribution in [3.05, 3.63) is 95.9 Å². The number of hydrogen-bond acceptors (Lipinski definition) is 4. The maximum Gasteiger partial charge on any atom is 0.121 e. The van der Waals surface area contributed by atoms with Crippen LogP contribution in [0.4, 0.5) is 0 Å². The van der Waals surface area contributed by atoms with Crippen molar-refractivity contribution in [3.8, 4) is 28.4 Å². The molecule has 0 bridgehead atoms. The van der Waals surface area contributed by atoms with Crippen molar-refractivity contribution >= 4 is 11.6 Å². The van der Waals surface area contributed by atoms with Gasteiger partial charge in [0.1, 0.15) is 11.5 Å². The molecule has 0 fully saturated rings. The number of benzene rings is 3. The maximum absolute atomic E-state index is 6.05. The van der Waals surface area contributed by atoms with Gasteiger partial charge in [0.05, 0.1) is 30.9 Å². The van der Waals surface area contributed by atoms with Crippen LogP contribution < -0.4 is 9.47 Å². The Morgan fingerprint density at radius 1 is 0.861 bits per heavy atom. The first-order chi connectivity index (χ1) is 17.6. The molecule has 1 aromatic heterocycles. The second kappa shape index (κ2) is 13.1. The summed E-state index contributed by atoms with van der Waals surface area (Å²) in [5, 5.41) is 0.751. The predicted molar refractivity (Wildman–Crippen MR) is 148 cm³/mol. The Kier molecular flexibility index (Phi) is 9.42. The van der Waals surface area contributed by atoms with Crippen LogP contribution in [-0.4, -0.2) is 47.3 Å². The van der Waals surface area contributed by atoms with Crippen LogP contribution in [-0.2, 0) is 6.42 Å². The molecule has 4 rings (SSSR count). The third kappa shape index (κ3) is 7.36. The van der Waals surface area contributed by atoms with Crippen molar-refractivity contribution in [2.24, 2.45) is 0 Å². The smallest absolute Gasteiger partial charge is 0.121 e. The Morgan fingerprint density at radius 2 is 1.64 bits per heavy atom. The van der Waals surface area contributed by atoms with Crippen LogP contribution >= 0.6 is 11.6 Å². The Morgan fingerprint density at radius 3 is 2.42 bits per heavy atom. The van der Waals surface area contributed by atoms with Crippen molar-refractivity contribution in [3.63, 3.8) is 0 Å². The van der Waals surface area contributed by atoms with Gasteiger partial charge in [-0.15, -0.1) is 0 Å². The van der Waals surface area contributed by atoms with E-state index in [0.29, 0.717) is 13.2 Å². The number of imidazole rings is 1. The molecule has 36 heavy (non-hydrogen) atoms. The zero-order valence-electron chi connectivity index (χ0n) is 21.1. The molecule has 0 aliphatic carbocycles. The number of hydrogen-bond donors (Lipinski definition) is 0. The first kappa shape index (κ1) is 25.8. The molecule has 0 saturated heterocycles. The summed E-state index contributed by atoms with van der Waals surface area (Å²) >= 11 is 6.05. The topological polar surface area (TPSA) is 39.5 Å². The van der Waals surface area contributed by atoms with E-state index in [-0.39, 0.29) is 0 Å². The van der Waals surface area contributed by atoms with Gasteiger partial charge in [0.25, 0.3) is 0 Å². The van der Waals surface area contributed by atoms with Gasteiger partial charge in [-0.2, -0.15) is 0 Å². The molecule has 0 aliphatic rings. The minimum atomic E-state index is 0.599. The maximum atomic E-state index is 6.05. The molecule has 188 valence electrons. The molecule has 0 spiro atoms. The zero-order chi connectivity index (χ0) is 25.2. The standard InChI is InChI=1S/C30H34ClN3O2/c1-3-33(4-2)17-7-18-35-29-11-6-10-27(21-29)34-22-30(32-23-34)25-12-14-28(15-13-25)36-19-16-24-8-5-9-26(31)20-24/h5-6,8-15,20-23H,3-4,7,16-19H2,1-2H3. The van der Waals surface area contributed by atoms with Gasteiger partial charge in [-0.25, -0.2) is 4.98 Å². The summed E-state index contributed by atoms with van der Waals surface area (Å²) in [6.07, 6.45) is 5.70. The number of halogens is 1. The SMILES string of the molecule is CCN(CC)CCCOc1cccc(-n2cnc(-c3ccc(OCCc4cccc(Cl)c4)cc3)c2)c1. The van der Waals surface area contributed by atoms with E-state index in [2.05, 4.69) is 41.9 Å². The molecule has 0 unspecified atom stereocenters. The van der Waals surface area contributed by atoms with E-state index in [9.17, 15) is 0 Å². The fraction of sp³-hybridized carbons (Fsp3) is 0.300. The van der Waals surface area contributed by atoms with Crippen LogP contribution in [0.2, 0.25) is 5.02 Å². The lowest BCUT2D eigenvalue weighted by Crippen LogP contribution is -2.25. The van der Waals surface area contributed by atoms with Crippen LogP contribution in [0.3, 0.4) is 0 Å². The van der Waals surface area contributed by atoms with Crippen molar-refractivity contribution in [2.45, 2.75) is 26.7 Å².